The molecule has 2 unspecified atom stereocenters. The summed E-state index contributed by atoms with van der Waals surface area (Å²) in [5, 5.41) is 2.27. The van der Waals surface area contributed by atoms with Crippen LogP contribution in [-0.2, 0) is 0 Å². The van der Waals surface area contributed by atoms with Crippen molar-refractivity contribution in [3.8, 4) is 17.0 Å². The second-order valence-corrected chi connectivity index (χ2v) is 7.58. The van der Waals surface area contributed by atoms with Crippen molar-refractivity contribution < 1.29 is 4.74 Å². The smallest absolute Gasteiger partial charge is 0.127 e. The maximum atomic E-state index is 6.57. The third-order valence-corrected chi connectivity index (χ3v) is 5.54. The summed E-state index contributed by atoms with van der Waals surface area (Å²) in [6, 6.07) is 18.8. The molecule has 2 N–H and O–H groups in total. The molecular formula is C23H27N3O. The second-order valence-electron chi connectivity index (χ2n) is 7.58. The number of nitrogen functional groups attached to an aromatic ring is 1. The molecule has 0 bridgehead atoms. The molecule has 2 atom stereocenters. The summed E-state index contributed by atoms with van der Waals surface area (Å²) in [7, 11) is 4.30. The number of rotatable bonds is 4. The fraction of sp³-hybridized carbons (Fsp3) is 0.348. The van der Waals surface area contributed by atoms with Crippen LogP contribution in [0.4, 0.5) is 5.82 Å². The molecule has 27 heavy (non-hydrogen) atoms. The predicted octanol–water partition coefficient (Wildman–Crippen LogP) is 4.74. The van der Waals surface area contributed by atoms with E-state index in [1.807, 2.05) is 18.2 Å². The number of pyridine rings is 1. The van der Waals surface area contributed by atoms with Crippen molar-refractivity contribution in [3.63, 3.8) is 0 Å². The van der Waals surface area contributed by atoms with Gasteiger partial charge in [-0.2, -0.15) is 0 Å². The SMILES string of the molecule is CN(C)C1CCCCC1Oc1ccc(-c2cccc(N)n2)c2ccccc12. The van der Waals surface area contributed by atoms with Gasteiger partial charge in [0.2, 0.25) is 0 Å². The van der Waals surface area contributed by atoms with Crippen LogP contribution in [0.25, 0.3) is 22.0 Å². The number of likely N-dealkylation sites (N-methyl/N-ethyl adjacent to an activating group) is 1. The quantitative estimate of drug-likeness (QED) is 0.729. The summed E-state index contributed by atoms with van der Waals surface area (Å²) >= 11 is 0. The van der Waals surface area contributed by atoms with Crippen LogP contribution in [0.2, 0.25) is 0 Å². The van der Waals surface area contributed by atoms with E-state index in [0.717, 1.165) is 34.2 Å². The molecular weight excluding hydrogens is 334 g/mol. The number of hydrogen-bond donors (Lipinski definition) is 1. The number of anilines is 1. The summed E-state index contributed by atoms with van der Waals surface area (Å²) in [5.41, 5.74) is 7.87. The third-order valence-electron chi connectivity index (χ3n) is 5.54. The van der Waals surface area contributed by atoms with Crippen molar-refractivity contribution in [2.24, 2.45) is 0 Å². The van der Waals surface area contributed by atoms with Gasteiger partial charge in [0.25, 0.3) is 0 Å². The highest BCUT2D eigenvalue weighted by Crippen LogP contribution is 2.36. The van der Waals surface area contributed by atoms with E-state index in [-0.39, 0.29) is 6.10 Å². The third kappa shape index (κ3) is 3.62. The van der Waals surface area contributed by atoms with Gasteiger partial charge in [-0.3, -0.25) is 0 Å². The first-order valence-corrected chi connectivity index (χ1v) is 9.71. The van der Waals surface area contributed by atoms with Gasteiger partial charge >= 0.3 is 0 Å². The molecule has 4 heteroatoms. The van der Waals surface area contributed by atoms with Crippen LogP contribution in [0.15, 0.2) is 54.6 Å². The van der Waals surface area contributed by atoms with E-state index in [1.54, 1.807) is 0 Å². The molecule has 2 aromatic carbocycles. The van der Waals surface area contributed by atoms with Crippen molar-refractivity contribution in [2.75, 3.05) is 19.8 Å². The number of ether oxygens (including phenoxy) is 1. The summed E-state index contributed by atoms with van der Waals surface area (Å²) in [6.07, 6.45) is 5.05. The molecule has 0 saturated heterocycles. The highest BCUT2D eigenvalue weighted by molar-refractivity contribution is 5.99. The van der Waals surface area contributed by atoms with E-state index in [2.05, 4.69) is 60.4 Å². The largest absolute Gasteiger partial charge is 0.488 e. The molecule has 1 aliphatic carbocycles. The first kappa shape index (κ1) is 17.8. The molecule has 1 saturated carbocycles. The van der Waals surface area contributed by atoms with Crippen molar-refractivity contribution >= 4 is 16.6 Å². The molecule has 1 aromatic heterocycles. The van der Waals surface area contributed by atoms with Gasteiger partial charge in [0.15, 0.2) is 0 Å². The minimum atomic E-state index is 0.230. The fourth-order valence-corrected chi connectivity index (χ4v) is 4.17. The van der Waals surface area contributed by atoms with Gasteiger partial charge < -0.3 is 15.4 Å². The Morgan fingerprint density at radius 3 is 2.48 bits per heavy atom. The van der Waals surface area contributed by atoms with Crippen LogP contribution in [0.3, 0.4) is 0 Å². The molecule has 0 radical (unpaired) electrons. The molecule has 1 aliphatic rings. The fourth-order valence-electron chi connectivity index (χ4n) is 4.17. The Balaban J connectivity index is 1.74. The van der Waals surface area contributed by atoms with Gasteiger partial charge in [-0.05, 0) is 63.0 Å². The van der Waals surface area contributed by atoms with Gasteiger partial charge in [0, 0.05) is 17.0 Å². The van der Waals surface area contributed by atoms with Gasteiger partial charge in [-0.25, -0.2) is 4.98 Å². The van der Waals surface area contributed by atoms with Gasteiger partial charge in [-0.15, -0.1) is 0 Å². The predicted molar refractivity (Wildman–Crippen MR) is 112 cm³/mol. The normalized spacial score (nSPS) is 20.1. The monoisotopic (exact) mass is 361 g/mol. The number of aromatic nitrogens is 1. The number of benzene rings is 2. The van der Waals surface area contributed by atoms with E-state index in [9.17, 15) is 0 Å². The zero-order chi connectivity index (χ0) is 18.8. The van der Waals surface area contributed by atoms with E-state index in [1.165, 1.54) is 19.3 Å². The van der Waals surface area contributed by atoms with E-state index in [4.69, 9.17) is 10.5 Å². The van der Waals surface area contributed by atoms with Crippen LogP contribution in [-0.4, -0.2) is 36.1 Å². The molecule has 1 fully saturated rings. The first-order valence-electron chi connectivity index (χ1n) is 9.71. The Kier molecular flexibility index (Phi) is 4.99. The van der Waals surface area contributed by atoms with Gasteiger partial charge in [0.05, 0.1) is 5.69 Å². The minimum absolute atomic E-state index is 0.230. The molecule has 0 spiro atoms. The number of nitrogens with two attached hydrogens (primary N) is 1. The lowest BCUT2D eigenvalue weighted by atomic mass is 9.91. The van der Waals surface area contributed by atoms with E-state index in [0.29, 0.717) is 11.9 Å². The van der Waals surface area contributed by atoms with Crippen LogP contribution < -0.4 is 10.5 Å². The Labute approximate surface area is 161 Å². The lowest BCUT2D eigenvalue weighted by Gasteiger charge is -2.36. The number of nitrogens with zero attached hydrogens (tertiary/aromatic N) is 2. The highest BCUT2D eigenvalue weighted by Gasteiger charge is 2.28. The maximum absolute atomic E-state index is 6.57. The molecule has 3 aromatic rings. The molecule has 140 valence electrons. The first-order chi connectivity index (χ1) is 13.1. The van der Waals surface area contributed by atoms with Crippen molar-refractivity contribution in [1.29, 1.82) is 0 Å². The van der Waals surface area contributed by atoms with Crippen molar-refractivity contribution in [3.05, 3.63) is 54.6 Å². The molecule has 1 heterocycles. The van der Waals surface area contributed by atoms with Crippen LogP contribution in [0.1, 0.15) is 25.7 Å². The molecule has 4 nitrogen and oxygen atoms in total. The van der Waals surface area contributed by atoms with E-state index < -0.39 is 0 Å². The molecule has 0 aliphatic heterocycles. The van der Waals surface area contributed by atoms with E-state index >= 15 is 0 Å². The van der Waals surface area contributed by atoms with Gasteiger partial charge in [-0.1, -0.05) is 36.8 Å². The Morgan fingerprint density at radius 1 is 0.926 bits per heavy atom. The molecule has 4 rings (SSSR count). The van der Waals surface area contributed by atoms with Crippen molar-refractivity contribution in [1.82, 2.24) is 9.88 Å². The number of hydrogen-bond acceptors (Lipinski definition) is 4. The second kappa shape index (κ2) is 7.57. The van der Waals surface area contributed by atoms with Crippen molar-refractivity contribution in [2.45, 2.75) is 37.8 Å². The standard InChI is InChI=1S/C23H27N3O/c1-26(2)20-11-5-6-12-22(20)27-21-15-14-17(16-8-3-4-9-18(16)21)19-10-7-13-23(24)25-19/h3-4,7-10,13-15,20,22H,5-6,11-12H2,1-2H3,(H2,24,25). The Hall–Kier alpha value is -2.59. The maximum Gasteiger partial charge on any atom is 0.127 e. The summed E-state index contributed by atoms with van der Waals surface area (Å²) in [5.74, 6) is 1.49. The van der Waals surface area contributed by atoms with Crippen LogP contribution in [0, 0.1) is 0 Å². The van der Waals surface area contributed by atoms with Gasteiger partial charge in [0.1, 0.15) is 17.7 Å². The average molecular weight is 361 g/mol. The number of fused-ring (bicyclic) bond motifs is 1. The lowest BCUT2D eigenvalue weighted by Crippen LogP contribution is -2.44. The summed E-state index contributed by atoms with van der Waals surface area (Å²) < 4.78 is 6.57. The summed E-state index contributed by atoms with van der Waals surface area (Å²) in [4.78, 5) is 6.81. The zero-order valence-corrected chi connectivity index (χ0v) is 16.1. The zero-order valence-electron chi connectivity index (χ0n) is 16.1. The Bertz CT molecular complexity index is 938. The minimum Gasteiger partial charge on any atom is -0.488 e. The average Bonchev–Trinajstić information content (AvgIpc) is 2.68. The molecule has 0 amide bonds. The highest BCUT2D eigenvalue weighted by atomic mass is 16.5. The van der Waals surface area contributed by atoms with Crippen LogP contribution >= 0.6 is 0 Å². The lowest BCUT2D eigenvalue weighted by molar-refractivity contribution is 0.0634. The summed E-state index contributed by atoms with van der Waals surface area (Å²) in [6.45, 7) is 0. The van der Waals surface area contributed by atoms with Crippen LogP contribution in [0.5, 0.6) is 5.75 Å². The topological polar surface area (TPSA) is 51.4 Å². The Morgan fingerprint density at radius 2 is 1.70 bits per heavy atom.